The van der Waals surface area contributed by atoms with Gasteiger partial charge in [0.1, 0.15) is 12.6 Å². The van der Waals surface area contributed by atoms with Gasteiger partial charge in [0, 0.05) is 13.1 Å². The predicted octanol–water partition coefficient (Wildman–Crippen LogP) is 5.10. The van der Waals surface area contributed by atoms with E-state index in [2.05, 4.69) is 5.32 Å². The van der Waals surface area contributed by atoms with Crippen molar-refractivity contribution in [1.82, 2.24) is 10.2 Å². The molecule has 0 aliphatic rings. The Morgan fingerprint density at radius 1 is 0.921 bits per heavy atom. The minimum Gasteiger partial charge on any atom is -0.354 e. The first kappa shape index (κ1) is 29.2. The van der Waals surface area contributed by atoms with Gasteiger partial charge in [0.15, 0.2) is 0 Å². The minimum atomic E-state index is -4.16. The molecule has 0 aliphatic carbocycles. The van der Waals surface area contributed by atoms with Crippen LogP contribution in [0.2, 0.25) is 5.02 Å². The maximum Gasteiger partial charge on any atom is 0.264 e. The molecule has 0 aliphatic heterocycles. The molecule has 0 heterocycles. The zero-order valence-corrected chi connectivity index (χ0v) is 23.7. The molecule has 0 aromatic heterocycles. The van der Waals surface area contributed by atoms with Gasteiger partial charge < -0.3 is 10.2 Å². The van der Waals surface area contributed by atoms with E-state index in [-0.39, 0.29) is 28.1 Å². The van der Waals surface area contributed by atoms with Crippen LogP contribution >= 0.6 is 11.6 Å². The fourth-order valence-corrected chi connectivity index (χ4v) is 5.59. The van der Waals surface area contributed by atoms with Gasteiger partial charge >= 0.3 is 0 Å². The van der Waals surface area contributed by atoms with Crippen molar-refractivity contribution < 1.29 is 18.0 Å². The lowest BCUT2D eigenvalue weighted by Crippen LogP contribution is -2.51. The molecule has 0 bridgehead atoms. The summed E-state index contributed by atoms with van der Waals surface area (Å²) >= 11 is 6.42. The van der Waals surface area contributed by atoms with E-state index >= 15 is 0 Å². The largest absolute Gasteiger partial charge is 0.354 e. The van der Waals surface area contributed by atoms with Crippen molar-refractivity contribution in [3.8, 4) is 0 Å². The zero-order valence-electron chi connectivity index (χ0n) is 22.1. The van der Waals surface area contributed by atoms with Crippen molar-refractivity contribution in [3.05, 3.63) is 94.5 Å². The summed E-state index contributed by atoms with van der Waals surface area (Å²) in [6.45, 7) is 7.49. The van der Waals surface area contributed by atoms with E-state index in [4.69, 9.17) is 11.6 Å². The molecular weight excluding hydrogens is 522 g/mol. The monoisotopic (exact) mass is 555 g/mol. The van der Waals surface area contributed by atoms with Gasteiger partial charge in [0.2, 0.25) is 11.8 Å². The molecule has 9 heteroatoms. The molecule has 3 aromatic carbocycles. The lowest BCUT2D eigenvalue weighted by atomic mass is 10.1. The van der Waals surface area contributed by atoms with Crippen molar-refractivity contribution in [2.75, 3.05) is 17.4 Å². The molecule has 2 amide bonds. The average molecular weight is 556 g/mol. The van der Waals surface area contributed by atoms with Gasteiger partial charge in [-0.3, -0.25) is 13.9 Å². The number of aryl methyl sites for hydroxylation is 2. The summed E-state index contributed by atoms with van der Waals surface area (Å²) in [6.07, 6.45) is 0.749. The van der Waals surface area contributed by atoms with Gasteiger partial charge in [-0.2, -0.15) is 0 Å². The Bertz CT molecular complexity index is 1360. The molecule has 1 atom stereocenters. The first-order valence-electron chi connectivity index (χ1n) is 12.5. The number of amides is 2. The topological polar surface area (TPSA) is 86.8 Å². The third-order valence-corrected chi connectivity index (χ3v) is 8.29. The third-order valence-electron chi connectivity index (χ3n) is 6.20. The molecule has 0 saturated heterocycles. The second kappa shape index (κ2) is 12.9. The quantitative estimate of drug-likeness (QED) is 0.357. The number of halogens is 1. The number of para-hydroxylation sites is 1. The highest BCUT2D eigenvalue weighted by molar-refractivity contribution is 7.92. The third kappa shape index (κ3) is 7.14. The minimum absolute atomic E-state index is 0.0367. The number of carbonyl (C=O) groups is 2. The van der Waals surface area contributed by atoms with Crippen LogP contribution in [0.15, 0.2) is 77.7 Å². The highest BCUT2D eigenvalue weighted by atomic mass is 35.5. The zero-order chi connectivity index (χ0) is 27.9. The van der Waals surface area contributed by atoms with E-state index in [0.717, 1.165) is 27.4 Å². The molecule has 3 rings (SSSR count). The van der Waals surface area contributed by atoms with Crippen molar-refractivity contribution >= 4 is 39.1 Å². The summed E-state index contributed by atoms with van der Waals surface area (Å²) in [7, 11) is -4.16. The number of sulfonamides is 1. The first-order chi connectivity index (χ1) is 18.0. The van der Waals surface area contributed by atoms with Gasteiger partial charge in [0.25, 0.3) is 10.0 Å². The Morgan fingerprint density at radius 3 is 2.08 bits per heavy atom. The number of nitrogens with one attached hydrogen (secondary N) is 1. The molecule has 202 valence electrons. The van der Waals surface area contributed by atoms with E-state index < -0.39 is 28.5 Å². The van der Waals surface area contributed by atoms with E-state index in [1.54, 1.807) is 43.3 Å². The van der Waals surface area contributed by atoms with E-state index in [1.807, 2.05) is 45.0 Å². The van der Waals surface area contributed by atoms with Gasteiger partial charge in [0.05, 0.1) is 15.6 Å². The molecular formula is C29H34ClN3O4S. The van der Waals surface area contributed by atoms with Crippen LogP contribution in [0.25, 0.3) is 0 Å². The maximum atomic E-state index is 13.9. The van der Waals surface area contributed by atoms with Gasteiger partial charge in [-0.05, 0) is 57.0 Å². The van der Waals surface area contributed by atoms with Gasteiger partial charge in [-0.15, -0.1) is 0 Å². The molecule has 1 N–H and O–H groups in total. The lowest BCUT2D eigenvalue weighted by molar-refractivity contribution is -0.139. The summed E-state index contributed by atoms with van der Waals surface area (Å²) < 4.78 is 28.6. The number of hydrogen-bond donors (Lipinski definition) is 1. The number of carbonyl (C=O) groups excluding carboxylic acids is 2. The molecule has 3 aromatic rings. The fraction of sp³-hybridized carbons (Fsp3) is 0.310. The normalized spacial score (nSPS) is 12.0. The molecule has 0 radical (unpaired) electrons. The Hall–Kier alpha value is -3.36. The molecule has 1 unspecified atom stereocenters. The number of hydrogen-bond acceptors (Lipinski definition) is 4. The van der Waals surface area contributed by atoms with Crippen LogP contribution in [0.4, 0.5) is 5.69 Å². The Kier molecular flexibility index (Phi) is 9.94. The Labute approximate surface area is 230 Å². The van der Waals surface area contributed by atoms with Crippen LogP contribution in [0.3, 0.4) is 0 Å². The number of benzene rings is 3. The second-order valence-corrected chi connectivity index (χ2v) is 11.5. The highest BCUT2D eigenvalue weighted by Gasteiger charge is 2.33. The Morgan fingerprint density at radius 2 is 1.50 bits per heavy atom. The Balaban J connectivity index is 2.02. The van der Waals surface area contributed by atoms with Crippen molar-refractivity contribution in [2.24, 2.45) is 0 Å². The van der Waals surface area contributed by atoms with Crippen LogP contribution in [0.5, 0.6) is 0 Å². The van der Waals surface area contributed by atoms with Crippen LogP contribution in [0.1, 0.15) is 37.0 Å². The molecule has 7 nitrogen and oxygen atoms in total. The highest BCUT2D eigenvalue weighted by Crippen LogP contribution is 2.31. The van der Waals surface area contributed by atoms with Gasteiger partial charge in [-0.25, -0.2) is 8.42 Å². The predicted molar refractivity (Wildman–Crippen MR) is 152 cm³/mol. The maximum absolute atomic E-state index is 13.9. The average Bonchev–Trinajstić information content (AvgIpc) is 2.90. The number of anilines is 1. The van der Waals surface area contributed by atoms with Crippen molar-refractivity contribution in [2.45, 2.75) is 51.6 Å². The summed E-state index contributed by atoms with van der Waals surface area (Å²) in [5, 5.41) is 3.02. The van der Waals surface area contributed by atoms with Crippen LogP contribution in [0, 0.1) is 13.8 Å². The molecule has 0 fully saturated rings. The SMILES string of the molecule is CCCNC(=O)C(C)N(Cc1ccc(C)cc1)C(=O)CN(c1ccccc1Cl)S(=O)(=O)c1ccc(C)cc1. The smallest absolute Gasteiger partial charge is 0.264 e. The lowest BCUT2D eigenvalue weighted by Gasteiger charge is -2.32. The second-order valence-electron chi connectivity index (χ2n) is 9.25. The van der Waals surface area contributed by atoms with Crippen LogP contribution in [-0.2, 0) is 26.2 Å². The molecule has 38 heavy (non-hydrogen) atoms. The van der Waals surface area contributed by atoms with E-state index in [9.17, 15) is 18.0 Å². The standard InChI is InChI=1S/C29H34ClN3O4S/c1-5-18-31-29(35)23(4)32(19-24-14-10-21(2)11-15-24)28(34)20-33(27-9-7-6-8-26(27)30)38(36,37)25-16-12-22(3)13-17-25/h6-17,23H,5,18-20H2,1-4H3,(H,31,35). The van der Waals surface area contributed by atoms with Crippen molar-refractivity contribution in [1.29, 1.82) is 0 Å². The summed E-state index contributed by atoms with van der Waals surface area (Å²) in [6, 6.07) is 19.7. The molecule has 0 saturated carbocycles. The van der Waals surface area contributed by atoms with Crippen LogP contribution < -0.4 is 9.62 Å². The molecule has 0 spiro atoms. The first-order valence-corrected chi connectivity index (χ1v) is 14.3. The summed E-state index contributed by atoms with van der Waals surface area (Å²) in [5.41, 5.74) is 2.97. The summed E-state index contributed by atoms with van der Waals surface area (Å²) in [4.78, 5) is 28.2. The number of rotatable bonds is 11. The summed E-state index contributed by atoms with van der Waals surface area (Å²) in [5.74, 6) is -0.835. The van der Waals surface area contributed by atoms with Gasteiger partial charge in [-0.1, -0.05) is 78.2 Å². The van der Waals surface area contributed by atoms with Crippen LogP contribution in [-0.4, -0.2) is 44.3 Å². The van der Waals surface area contributed by atoms with Crippen molar-refractivity contribution in [3.63, 3.8) is 0 Å². The van der Waals surface area contributed by atoms with E-state index in [0.29, 0.717) is 6.54 Å². The fourth-order valence-electron chi connectivity index (χ4n) is 3.87. The number of nitrogens with zero attached hydrogens (tertiary/aromatic N) is 2. The van der Waals surface area contributed by atoms with E-state index in [1.165, 1.54) is 17.0 Å².